The van der Waals surface area contributed by atoms with Crippen molar-refractivity contribution in [3.8, 4) is 0 Å². The standard InChI is InChI=1S/C25H30N2O2S/c1-16-7-11-20(12-8-16)27-25(29)21-5-3-4-6-23(21)30-15-24(28)26-17(2)22-14-18-9-10-19(22)13-18/h3-8,11-12,17-19,22H,9-10,13-15H2,1-2H3,(H,26,28)(H,27,29)/t17-,18-,19-,22-/m0/s1. The molecule has 2 N–H and O–H groups in total. The summed E-state index contributed by atoms with van der Waals surface area (Å²) in [4.78, 5) is 26.1. The highest BCUT2D eigenvalue weighted by molar-refractivity contribution is 8.00. The summed E-state index contributed by atoms with van der Waals surface area (Å²) < 4.78 is 0. The summed E-state index contributed by atoms with van der Waals surface area (Å²) in [5, 5.41) is 6.16. The normalized spacial score (nSPS) is 23.2. The molecule has 4 nitrogen and oxygen atoms in total. The average Bonchev–Trinajstić information content (AvgIpc) is 3.38. The molecule has 30 heavy (non-hydrogen) atoms. The average molecular weight is 423 g/mol. The van der Waals surface area contributed by atoms with Crippen LogP contribution in [0.5, 0.6) is 0 Å². The highest BCUT2D eigenvalue weighted by Gasteiger charge is 2.42. The number of thioether (sulfide) groups is 1. The van der Waals surface area contributed by atoms with Crippen molar-refractivity contribution in [3.63, 3.8) is 0 Å². The van der Waals surface area contributed by atoms with Crippen LogP contribution in [-0.4, -0.2) is 23.6 Å². The van der Waals surface area contributed by atoms with Crippen LogP contribution in [0.3, 0.4) is 0 Å². The van der Waals surface area contributed by atoms with Crippen molar-refractivity contribution >= 4 is 29.3 Å². The highest BCUT2D eigenvalue weighted by atomic mass is 32.2. The maximum Gasteiger partial charge on any atom is 0.256 e. The Hall–Kier alpha value is -2.27. The van der Waals surface area contributed by atoms with Crippen LogP contribution in [0.15, 0.2) is 53.4 Å². The number of hydrogen-bond donors (Lipinski definition) is 2. The minimum absolute atomic E-state index is 0.0454. The van der Waals surface area contributed by atoms with Gasteiger partial charge in [-0.2, -0.15) is 0 Å². The fourth-order valence-corrected chi connectivity index (χ4v) is 5.93. The molecule has 2 aliphatic rings. The van der Waals surface area contributed by atoms with Crippen LogP contribution in [0.25, 0.3) is 0 Å². The van der Waals surface area contributed by atoms with E-state index in [1.54, 1.807) is 0 Å². The van der Waals surface area contributed by atoms with Crippen LogP contribution >= 0.6 is 11.8 Å². The van der Waals surface area contributed by atoms with Gasteiger partial charge in [0.15, 0.2) is 0 Å². The lowest BCUT2D eigenvalue weighted by Gasteiger charge is -2.28. The summed E-state index contributed by atoms with van der Waals surface area (Å²) >= 11 is 1.42. The van der Waals surface area contributed by atoms with E-state index in [4.69, 9.17) is 0 Å². The molecular weight excluding hydrogens is 392 g/mol. The largest absolute Gasteiger partial charge is 0.353 e. The number of carbonyl (C=O) groups excluding carboxylic acids is 2. The van der Waals surface area contributed by atoms with E-state index < -0.39 is 0 Å². The molecule has 2 bridgehead atoms. The number of hydrogen-bond acceptors (Lipinski definition) is 3. The summed E-state index contributed by atoms with van der Waals surface area (Å²) in [6, 6.07) is 15.4. The Balaban J connectivity index is 1.32. The van der Waals surface area contributed by atoms with E-state index in [1.165, 1.54) is 37.4 Å². The first kappa shape index (κ1) is 21.0. The molecule has 0 saturated heterocycles. The molecule has 0 aromatic heterocycles. The van der Waals surface area contributed by atoms with Gasteiger partial charge in [0.25, 0.3) is 5.91 Å². The molecule has 2 aromatic carbocycles. The van der Waals surface area contributed by atoms with Gasteiger partial charge in [-0.05, 0) is 75.1 Å². The summed E-state index contributed by atoms with van der Waals surface area (Å²) in [7, 11) is 0. The van der Waals surface area contributed by atoms with Crippen LogP contribution in [0.2, 0.25) is 0 Å². The molecule has 4 atom stereocenters. The Morgan fingerprint density at radius 1 is 1.07 bits per heavy atom. The molecule has 5 heteroatoms. The molecule has 0 heterocycles. The topological polar surface area (TPSA) is 58.2 Å². The van der Waals surface area contributed by atoms with E-state index >= 15 is 0 Å². The van der Waals surface area contributed by atoms with Gasteiger partial charge in [0.1, 0.15) is 0 Å². The Bertz CT molecular complexity index is 912. The van der Waals surface area contributed by atoms with Gasteiger partial charge in [-0.3, -0.25) is 9.59 Å². The smallest absolute Gasteiger partial charge is 0.256 e. The van der Waals surface area contributed by atoms with Crippen LogP contribution in [0.4, 0.5) is 5.69 Å². The quantitative estimate of drug-likeness (QED) is 0.597. The van der Waals surface area contributed by atoms with Crippen molar-refractivity contribution in [2.24, 2.45) is 17.8 Å². The first-order valence-electron chi connectivity index (χ1n) is 10.9. The zero-order chi connectivity index (χ0) is 21.1. The Morgan fingerprint density at radius 3 is 2.53 bits per heavy atom. The monoisotopic (exact) mass is 422 g/mol. The van der Waals surface area contributed by atoms with Crippen molar-refractivity contribution in [2.45, 2.75) is 50.5 Å². The molecule has 158 valence electrons. The lowest BCUT2D eigenvalue weighted by atomic mass is 9.84. The predicted molar refractivity (Wildman–Crippen MR) is 123 cm³/mol. The lowest BCUT2D eigenvalue weighted by Crippen LogP contribution is -2.40. The number of fused-ring (bicyclic) bond motifs is 2. The number of rotatable bonds is 7. The van der Waals surface area contributed by atoms with Crippen LogP contribution in [-0.2, 0) is 4.79 Å². The maximum atomic E-state index is 12.8. The number of nitrogens with one attached hydrogen (secondary N) is 2. The summed E-state index contributed by atoms with van der Waals surface area (Å²) in [6.45, 7) is 4.16. The number of carbonyl (C=O) groups is 2. The van der Waals surface area contributed by atoms with Gasteiger partial charge in [0.2, 0.25) is 5.91 Å². The first-order chi connectivity index (χ1) is 14.5. The van der Waals surface area contributed by atoms with Gasteiger partial charge >= 0.3 is 0 Å². The molecule has 4 rings (SSSR count). The molecule has 2 saturated carbocycles. The van der Waals surface area contributed by atoms with Gasteiger partial charge in [0.05, 0.1) is 11.3 Å². The zero-order valence-electron chi connectivity index (χ0n) is 17.7. The van der Waals surface area contributed by atoms with Crippen molar-refractivity contribution in [2.75, 3.05) is 11.1 Å². The minimum Gasteiger partial charge on any atom is -0.353 e. The molecule has 2 amide bonds. The number of amides is 2. The summed E-state index contributed by atoms with van der Waals surface area (Å²) in [5.41, 5.74) is 2.51. The summed E-state index contributed by atoms with van der Waals surface area (Å²) in [6.07, 6.45) is 5.32. The molecule has 2 aliphatic carbocycles. The Morgan fingerprint density at radius 2 is 1.83 bits per heavy atom. The molecule has 0 radical (unpaired) electrons. The van der Waals surface area contributed by atoms with Gasteiger partial charge < -0.3 is 10.6 Å². The number of benzene rings is 2. The maximum absolute atomic E-state index is 12.8. The molecule has 2 fully saturated rings. The lowest BCUT2D eigenvalue weighted by molar-refractivity contribution is -0.119. The fraction of sp³-hybridized carbons (Fsp3) is 0.440. The Labute approximate surface area is 183 Å². The fourth-order valence-electron chi connectivity index (χ4n) is 5.07. The highest BCUT2D eigenvalue weighted by Crippen LogP contribution is 2.49. The second-order valence-electron chi connectivity index (χ2n) is 8.80. The van der Waals surface area contributed by atoms with E-state index in [0.717, 1.165) is 28.0 Å². The van der Waals surface area contributed by atoms with E-state index in [9.17, 15) is 9.59 Å². The second-order valence-corrected chi connectivity index (χ2v) is 9.82. The van der Waals surface area contributed by atoms with E-state index in [1.807, 2.05) is 55.5 Å². The van der Waals surface area contributed by atoms with Gasteiger partial charge in [0, 0.05) is 16.6 Å². The number of anilines is 1. The van der Waals surface area contributed by atoms with Gasteiger partial charge in [-0.25, -0.2) is 0 Å². The van der Waals surface area contributed by atoms with Crippen LogP contribution in [0, 0.1) is 24.7 Å². The third-order valence-electron chi connectivity index (χ3n) is 6.62. The van der Waals surface area contributed by atoms with Crippen molar-refractivity contribution in [3.05, 3.63) is 59.7 Å². The second kappa shape index (κ2) is 9.25. The predicted octanol–water partition coefficient (Wildman–Crippen LogP) is 5.28. The van der Waals surface area contributed by atoms with Crippen molar-refractivity contribution < 1.29 is 9.59 Å². The van der Waals surface area contributed by atoms with Crippen molar-refractivity contribution in [1.82, 2.24) is 5.32 Å². The SMILES string of the molecule is Cc1ccc(NC(=O)c2ccccc2SCC(=O)N[C@@H](C)[C@@H]2C[C@H]3CC[C@H]2C3)cc1. The van der Waals surface area contributed by atoms with Gasteiger partial charge in [-0.1, -0.05) is 36.2 Å². The van der Waals surface area contributed by atoms with E-state index in [2.05, 4.69) is 17.6 Å². The Kier molecular flexibility index (Phi) is 6.47. The molecule has 0 aliphatic heterocycles. The summed E-state index contributed by atoms with van der Waals surface area (Å²) in [5.74, 6) is 2.52. The first-order valence-corrected chi connectivity index (χ1v) is 11.9. The molecule has 0 spiro atoms. The minimum atomic E-state index is -0.155. The molecule has 2 aromatic rings. The zero-order valence-corrected chi connectivity index (χ0v) is 18.5. The molecule has 0 unspecified atom stereocenters. The van der Waals surface area contributed by atoms with Gasteiger partial charge in [-0.15, -0.1) is 11.8 Å². The third kappa shape index (κ3) is 4.89. The van der Waals surface area contributed by atoms with Crippen molar-refractivity contribution in [1.29, 1.82) is 0 Å². The number of aryl methyl sites for hydroxylation is 1. The van der Waals surface area contributed by atoms with Crippen LogP contribution in [0.1, 0.15) is 48.5 Å². The van der Waals surface area contributed by atoms with E-state index in [-0.39, 0.29) is 17.9 Å². The molecular formula is C25H30N2O2S. The van der Waals surface area contributed by atoms with Crippen LogP contribution < -0.4 is 10.6 Å². The van der Waals surface area contributed by atoms with E-state index in [0.29, 0.717) is 17.2 Å². The third-order valence-corrected chi connectivity index (χ3v) is 7.70.